The highest BCUT2D eigenvalue weighted by Gasteiger charge is 2.25. The van der Waals surface area contributed by atoms with E-state index in [1.54, 1.807) is 0 Å². The zero-order chi connectivity index (χ0) is 19.1. The number of ketones is 1. The summed E-state index contributed by atoms with van der Waals surface area (Å²) in [5, 5.41) is 1.27. The molecule has 6 heteroatoms. The summed E-state index contributed by atoms with van der Waals surface area (Å²) in [4.78, 5) is 13.0. The monoisotopic (exact) mass is 415 g/mol. The molecular formula is C21H12Cl3NO2. The average Bonchev–Trinajstić information content (AvgIpc) is 2.98. The Morgan fingerprint density at radius 2 is 1.52 bits per heavy atom. The van der Waals surface area contributed by atoms with Crippen LogP contribution in [0.3, 0.4) is 0 Å². The number of carbonyl (C=O) groups excluding carboxylic acids is 1. The Balaban J connectivity index is 1.84. The minimum atomic E-state index is -0.489. The first kappa shape index (κ1) is 17.9. The Kier molecular flexibility index (Phi) is 4.60. The van der Waals surface area contributed by atoms with Gasteiger partial charge in [-0.25, -0.2) is 0 Å². The first-order chi connectivity index (χ1) is 13.0. The molecule has 0 spiro atoms. The molecule has 0 radical (unpaired) electrons. The van der Waals surface area contributed by atoms with E-state index in [1.807, 2.05) is 48.5 Å². The van der Waals surface area contributed by atoms with Crippen molar-refractivity contribution in [2.24, 2.45) is 0 Å². The molecule has 2 N–H and O–H groups in total. The quantitative estimate of drug-likeness (QED) is 0.371. The molecule has 0 saturated heterocycles. The van der Waals surface area contributed by atoms with Gasteiger partial charge < -0.3 is 10.2 Å². The molecule has 4 rings (SSSR count). The second kappa shape index (κ2) is 6.93. The van der Waals surface area contributed by atoms with Crippen molar-refractivity contribution < 1.29 is 9.21 Å². The fraction of sp³-hybridized carbons (Fsp3) is 0. The summed E-state index contributed by atoms with van der Waals surface area (Å²) in [6, 6.07) is 18.4. The van der Waals surface area contributed by atoms with Crippen LogP contribution in [0, 0.1) is 0 Å². The van der Waals surface area contributed by atoms with Crippen LogP contribution in [0.15, 0.2) is 65.1 Å². The molecule has 4 aromatic rings. The largest absolute Gasteiger partial charge is 0.450 e. The van der Waals surface area contributed by atoms with E-state index in [2.05, 4.69) is 0 Å². The molecule has 0 aliphatic heterocycles. The molecule has 0 amide bonds. The van der Waals surface area contributed by atoms with Gasteiger partial charge in [0.15, 0.2) is 5.76 Å². The predicted molar refractivity (Wildman–Crippen MR) is 111 cm³/mol. The maximum Gasteiger partial charge on any atom is 0.233 e. The first-order valence-electron chi connectivity index (χ1n) is 8.02. The van der Waals surface area contributed by atoms with Crippen LogP contribution < -0.4 is 5.73 Å². The Morgan fingerprint density at radius 3 is 2.19 bits per heavy atom. The number of fused-ring (bicyclic) bond motifs is 1. The summed E-state index contributed by atoms with van der Waals surface area (Å²) >= 11 is 18.2. The Morgan fingerprint density at radius 1 is 0.852 bits per heavy atom. The number of halogens is 3. The number of nitrogen functional groups attached to an aromatic ring is 1. The molecule has 0 aliphatic rings. The van der Waals surface area contributed by atoms with Gasteiger partial charge in [-0.1, -0.05) is 71.2 Å². The molecule has 1 heterocycles. The molecule has 0 unspecified atom stereocenters. The molecule has 27 heavy (non-hydrogen) atoms. The fourth-order valence-corrected chi connectivity index (χ4v) is 3.96. The zero-order valence-corrected chi connectivity index (χ0v) is 16.1. The first-order valence-corrected chi connectivity index (χ1v) is 9.16. The number of benzene rings is 3. The standard InChI is InChI=1S/C21H12Cl3NO2/c22-13-9-15(23)18(16(24)10-13)20(26)21-19(25)14-7-6-12(8-17(14)27-21)11-4-2-1-3-5-11/h1-10H,25H2. The normalized spacial score (nSPS) is 11.1. The number of rotatable bonds is 3. The summed E-state index contributed by atoms with van der Waals surface area (Å²) in [5.74, 6) is -0.488. The van der Waals surface area contributed by atoms with Crippen LogP contribution in [-0.2, 0) is 0 Å². The smallest absolute Gasteiger partial charge is 0.233 e. The van der Waals surface area contributed by atoms with E-state index in [0.29, 0.717) is 16.0 Å². The molecule has 0 atom stereocenters. The van der Waals surface area contributed by atoms with Gasteiger partial charge in [-0.2, -0.15) is 0 Å². The summed E-state index contributed by atoms with van der Waals surface area (Å²) < 4.78 is 5.79. The number of anilines is 1. The van der Waals surface area contributed by atoms with Crippen molar-refractivity contribution in [2.75, 3.05) is 5.73 Å². The van der Waals surface area contributed by atoms with Gasteiger partial charge in [0.2, 0.25) is 5.78 Å². The summed E-state index contributed by atoms with van der Waals surface area (Å²) in [6.45, 7) is 0. The fourth-order valence-electron chi connectivity index (χ4n) is 2.97. The third-order valence-corrected chi connectivity index (χ3v) is 5.09. The van der Waals surface area contributed by atoms with Crippen LogP contribution in [-0.4, -0.2) is 5.78 Å². The molecule has 0 saturated carbocycles. The van der Waals surface area contributed by atoms with Crippen molar-refractivity contribution in [3.8, 4) is 11.1 Å². The van der Waals surface area contributed by atoms with Gasteiger partial charge in [0.05, 0.1) is 21.3 Å². The van der Waals surface area contributed by atoms with E-state index in [1.165, 1.54) is 12.1 Å². The Bertz CT molecular complexity index is 1160. The van der Waals surface area contributed by atoms with E-state index >= 15 is 0 Å². The van der Waals surface area contributed by atoms with Crippen LogP contribution >= 0.6 is 34.8 Å². The highest BCUT2D eigenvalue weighted by Crippen LogP contribution is 2.36. The van der Waals surface area contributed by atoms with Crippen molar-refractivity contribution >= 4 is 57.2 Å². The van der Waals surface area contributed by atoms with Crippen LogP contribution in [0.1, 0.15) is 16.1 Å². The number of nitrogens with two attached hydrogens (primary N) is 1. The topological polar surface area (TPSA) is 56.2 Å². The van der Waals surface area contributed by atoms with Gasteiger partial charge in [0.25, 0.3) is 0 Å². The van der Waals surface area contributed by atoms with Gasteiger partial charge in [0.1, 0.15) is 5.58 Å². The zero-order valence-electron chi connectivity index (χ0n) is 13.8. The summed E-state index contributed by atoms with van der Waals surface area (Å²) in [7, 11) is 0. The van der Waals surface area contributed by atoms with E-state index in [-0.39, 0.29) is 27.1 Å². The second-order valence-corrected chi connectivity index (χ2v) is 7.25. The molecule has 1 aromatic heterocycles. The number of hydrogen-bond acceptors (Lipinski definition) is 3. The molecule has 0 aliphatic carbocycles. The highest BCUT2D eigenvalue weighted by atomic mass is 35.5. The Hall–Kier alpha value is -2.46. The van der Waals surface area contributed by atoms with Crippen LogP contribution in [0.5, 0.6) is 0 Å². The summed E-state index contributed by atoms with van der Waals surface area (Å²) in [6.07, 6.45) is 0. The van der Waals surface area contributed by atoms with Gasteiger partial charge >= 0.3 is 0 Å². The third-order valence-electron chi connectivity index (χ3n) is 4.28. The lowest BCUT2D eigenvalue weighted by molar-refractivity contribution is 0.101. The van der Waals surface area contributed by atoms with Gasteiger partial charge in [0, 0.05) is 10.4 Å². The molecule has 3 aromatic carbocycles. The lowest BCUT2D eigenvalue weighted by atomic mass is 10.0. The van der Waals surface area contributed by atoms with Crippen molar-refractivity contribution in [1.82, 2.24) is 0 Å². The van der Waals surface area contributed by atoms with Crippen molar-refractivity contribution in [1.29, 1.82) is 0 Å². The molecular weight excluding hydrogens is 405 g/mol. The van der Waals surface area contributed by atoms with Crippen LogP contribution in [0.25, 0.3) is 22.1 Å². The molecule has 134 valence electrons. The third kappa shape index (κ3) is 3.19. The maximum absolute atomic E-state index is 13.0. The van der Waals surface area contributed by atoms with E-state index in [0.717, 1.165) is 11.1 Å². The number of carbonyl (C=O) groups is 1. The van der Waals surface area contributed by atoms with Crippen LogP contribution in [0.2, 0.25) is 15.1 Å². The maximum atomic E-state index is 13.0. The molecule has 0 bridgehead atoms. The van der Waals surface area contributed by atoms with Crippen molar-refractivity contribution in [3.63, 3.8) is 0 Å². The highest BCUT2D eigenvalue weighted by molar-refractivity contribution is 6.43. The minimum Gasteiger partial charge on any atom is -0.450 e. The predicted octanol–water partition coefficient (Wildman–Crippen LogP) is 6.87. The van der Waals surface area contributed by atoms with Gasteiger partial charge in [-0.3, -0.25) is 4.79 Å². The Labute approximate surface area is 170 Å². The average molecular weight is 417 g/mol. The van der Waals surface area contributed by atoms with E-state index < -0.39 is 5.78 Å². The van der Waals surface area contributed by atoms with Crippen molar-refractivity contribution in [3.05, 3.63) is 87.1 Å². The van der Waals surface area contributed by atoms with Gasteiger partial charge in [-0.05, 0) is 35.4 Å². The van der Waals surface area contributed by atoms with E-state index in [4.69, 9.17) is 45.0 Å². The lowest BCUT2D eigenvalue weighted by Gasteiger charge is -2.05. The lowest BCUT2D eigenvalue weighted by Crippen LogP contribution is -2.05. The summed E-state index contributed by atoms with van der Waals surface area (Å²) in [5.41, 5.74) is 9.03. The second-order valence-electron chi connectivity index (χ2n) is 6.00. The SMILES string of the molecule is Nc1c(C(=O)c2c(Cl)cc(Cl)cc2Cl)oc2cc(-c3ccccc3)ccc12. The molecule has 0 fully saturated rings. The van der Waals surface area contributed by atoms with Crippen molar-refractivity contribution in [2.45, 2.75) is 0 Å². The van der Waals surface area contributed by atoms with Crippen LogP contribution in [0.4, 0.5) is 5.69 Å². The minimum absolute atomic E-state index is 0.00124. The number of hydrogen-bond donors (Lipinski definition) is 1. The van der Waals surface area contributed by atoms with E-state index in [9.17, 15) is 4.79 Å². The number of furan rings is 1. The molecule has 3 nitrogen and oxygen atoms in total. The van der Waals surface area contributed by atoms with Gasteiger partial charge in [-0.15, -0.1) is 0 Å².